The van der Waals surface area contributed by atoms with Crippen LogP contribution in [0.1, 0.15) is 29.3 Å². The minimum atomic E-state index is -0.432. The van der Waals surface area contributed by atoms with Crippen LogP contribution < -0.4 is 0 Å². The van der Waals surface area contributed by atoms with Crippen molar-refractivity contribution in [2.24, 2.45) is 0 Å². The van der Waals surface area contributed by atoms with Gasteiger partial charge in [-0.1, -0.05) is 24.3 Å². The van der Waals surface area contributed by atoms with Gasteiger partial charge in [0.1, 0.15) is 0 Å². The van der Waals surface area contributed by atoms with Gasteiger partial charge in [0.25, 0.3) is 5.69 Å². The SMILES string of the molecule is O=C(Cc1ccc([N+](=O)[O-])cc1)N1CCC[C@@H](c2nc3ccccc3s2)C1. The molecule has 0 N–H and O–H groups in total. The minimum Gasteiger partial charge on any atom is -0.342 e. The Morgan fingerprint density at radius 1 is 1.22 bits per heavy atom. The molecule has 0 radical (unpaired) electrons. The largest absolute Gasteiger partial charge is 0.342 e. The van der Waals surface area contributed by atoms with Crippen LogP contribution in [0.25, 0.3) is 10.2 Å². The Bertz CT molecular complexity index is 951. The Morgan fingerprint density at radius 2 is 2.00 bits per heavy atom. The molecule has 1 saturated heterocycles. The fourth-order valence-electron chi connectivity index (χ4n) is 3.49. The van der Waals surface area contributed by atoms with E-state index in [9.17, 15) is 14.9 Å². The van der Waals surface area contributed by atoms with Crippen molar-refractivity contribution in [3.8, 4) is 0 Å². The number of piperidine rings is 1. The maximum atomic E-state index is 12.7. The molecule has 1 aliphatic rings. The molecular weight excluding hydrogens is 362 g/mol. The number of fused-ring (bicyclic) bond motifs is 1. The number of non-ortho nitro benzene ring substituents is 1. The highest BCUT2D eigenvalue weighted by Crippen LogP contribution is 2.33. The van der Waals surface area contributed by atoms with Gasteiger partial charge in [0.05, 0.1) is 26.6 Å². The molecule has 27 heavy (non-hydrogen) atoms. The summed E-state index contributed by atoms with van der Waals surface area (Å²) in [6, 6.07) is 14.3. The van der Waals surface area contributed by atoms with E-state index < -0.39 is 4.92 Å². The first-order valence-electron chi connectivity index (χ1n) is 8.97. The number of benzene rings is 2. The lowest BCUT2D eigenvalue weighted by atomic mass is 9.98. The first-order chi connectivity index (χ1) is 13.1. The zero-order valence-electron chi connectivity index (χ0n) is 14.7. The van der Waals surface area contributed by atoms with Crippen molar-refractivity contribution in [2.45, 2.75) is 25.2 Å². The summed E-state index contributed by atoms with van der Waals surface area (Å²) < 4.78 is 1.18. The van der Waals surface area contributed by atoms with E-state index in [0.717, 1.165) is 35.5 Å². The molecular formula is C20H19N3O3S. The molecule has 2 aromatic carbocycles. The third-order valence-corrected chi connectivity index (χ3v) is 6.14. The van der Waals surface area contributed by atoms with Crippen LogP contribution in [-0.4, -0.2) is 33.8 Å². The number of carbonyl (C=O) groups excluding carboxylic acids is 1. The van der Waals surface area contributed by atoms with Crippen molar-refractivity contribution in [2.75, 3.05) is 13.1 Å². The Kier molecular flexibility index (Phi) is 4.85. The molecule has 2 heterocycles. The smallest absolute Gasteiger partial charge is 0.269 e. The van der Waals surface area contributed by atoms with Crippen LogP contribution in [-0.2, 0) is 11.2 Å². The normalized spacial score (nSPS) is 17.2. The van der Waals surface area contributed by atoms with Crippen molar-refractivity contribution in [1.29, 1.82) is 0 Å². The molecule has 3 aromatic rings. The Labute approximate surface area is 160 Å². The molecule has 0 bridgehead atoms. The lowest BCUT2D eigenvalue weighted by Crippen LogP contribution is -2.39. The number of para-hydroxylation sites is 1. The van der Waals surface area contributed by atoms with Crippen LogP contribution in [0.2, 0.25) is 0 Å². The van der Waals surface area contributed by atoms with Gasteiger partial charge in [-0.05, 0) is 30.5 Å². The van der Waals surface area contributed by atoms with Gasteiger partial charge in [-0.15, -0.1) is 11.3 Å². The lowest BCUT2D eigenvalue weighted by molar-refractivity contribution is -0.384. The summed E-state index contributed by atoms with van der Waals surface area (Å²) in [6.07, 6.45) is 2.28. The number of carbonyl (C=O) groups is 1. The Hall–Kier alpha value is -2.80. The topological polar surface area (TPSA) is 76.3 Å². The molecule has 1 fully saturated rings. The number of likely N-dealkylation sites (tertiary alicyclic amines) is 1. The maximum absolute atomic E-state index is 12.7. The molecule has 4 rings (SSSR count). The molecule has 1 aromatic heterocycles. The highest BCUT2D eigenvalue weighted by atomic mass is 32.1. The molecule has 1 atom stereocenters. The summed E-state index contributed by atoms with van der Waals surface area (Å²) in [4.78, 5) is 29.7. The second kappa shape index (κ2) is 7.44. The van der Waals surface area contributed by atoms with Crippen LogP contribution in [0.5, 0.6) is 0 Å². The van der Waals surface area contributed by atoms with Gasteiger partial charge < -0.3 is 4.90 Å². The summed E-state index contributed by atoms with van der Waals surface area (Å²) in [5.74, 6) is 0.339. The van der Waals surface area contributed by atoms with Gasteiger partial charge in [-0.2, -0.15) is 0 Å². The number of hydrogen-bond donors (Lipinski definition) is 0. The fraction of sp³-hybridized carbons (Fsp3) is 0.300. The fourth-order valence-corrected chi connectivity index (χ4v) is 4.59. The monoisotopic (exact) mass is 381 g/mol. The number of thiazole rings is 1. The van der Waals surface area contributed by atoms with E-state index in [-0.39, 0.29) is 23.9 Å². The lowest BCUT2D eigenvalue weighted by Gasteiger charge is -2.32. The highest BCUT2D eigenvalue weighted by molar-refractivity contribution is 7.18. The number of rotatable bonds is 4. The number of nitro benzene ring substituents is 1. The van der Waals surface area contributed by atoms with Gasteiger partial charge in [-0.25, -0.2) is 4.98 Å². The summed E-state index contributed by atoms with van der Waals surface area (Å²) >= 11 is 1.71. The summed E-state index contributed by atoms with van der Waals surface area (Å²) in [5.41, 5.74) is 1.86. The predicted octanol–water partition coefficient (Wildman–Crippen LogP) is 4.15. The number of nitrogens with zero attached hydrogens (tertiary/aromatic N) is 3. The van der Waals surface area contributed by atoms with Gasteiger partial charge in [0.15, 0.2) is 0 Å². The van der Waals surface area contributed by atoms with Crippen molar-refractivity contribution < 1.29 is 9.72 Å². The van der Waals surface area contributed by atoms with E-state index in [0.29, 0.717) is 6.54 Å². The number of aromatic nitrogens is 1. The number of hydrogen-bond acceptors (Lipinski definition) is 5. The second-order valence-electron chi connectivity index (χ2n) is 6.80. The Balaban J connectivity index is 1.44. The molecule has 0 unspecified atom stereocenters. The predicted molar refractivity (Wildman–Crippen MR) is 105 cm³/mol. The van der Waals surface area contributed by atoms with E-state index in [1.807, 2.05) is 23.1 Å². The molecule has 1 aliphatic heterocycles. The minimum absolute atomic E-state index is 0.0417. The van der Waals surface area contributed by atoms with Crippen LogP contribution in [0.3, 0.4) is 0 Å². The van der Waals surface area contributed by atoms with E-state index >= 15 is 0 Å². The molecule has 6 nitrogen and oxygen atoms in total. The van der Waals surface area contributed by atoms with E-state index in [1.165, 1.54) is 16.8 Å². The molecule has 0 saturated carbocycles. The number of nitro groups is 1. The second-order valence-corrected chi connectivity index (χ2v) is 7.86. The standard InChI is InChI=1S/C20H19N3O3S/c24-19(12-14-7-9-16(10-8-14)23(25)26)22-11-3-4-15(13-22)20-21-17-5-1-2-6-18(17)27-20/h1-2,5-10,15H,3-4,11-13H2/t15-/m1/s1. The third kappa shape index (κ3) is 3.83. The molecule has 138 valence electrons. The maximum Gasteiger partial charge on any atom is 0.269 e. The van der Waals surface area contributed by atoms with Crippen molar-refractivity contribution in [3.63, 3.8) is 0 Å². The molecule has 0 aliphatic carbocycles. The average Bonchev–Trinajstić information content (AvgIpc) is 3.13. The third-order valence-electron chi connectivity index (χ3n) is 4.94. The molecule has 7 heteroatoms. The zero-order chi connectivity index (χ0) is 18.8. The molecule has 1 amide bonds. The van der Waals surface area contributed by atoms with Crippen molar-refractivity contribution in [3.05, 3.63) is 69.2 Å². The average molecular weight is 381 g/mol. The van der Waals surface area contributed by atoms with Gasteiger partial charge in [0.2, 0.25) is 5.91 Å². The van der Waals surface area contributed by atoms with E-state index in [1.54, 1.807) is 23.5 Å². The van der Waals surface area contributed by atoms with Crippen LogP contribution in [0, 0.1) is 10.1 Å². The van der Waals surface area contributed by atoms with Gasteiger partial charge in [0, 0.05) is 31.1 Å². The summed E-state index contributed by atoms with van der Waals surface area (Å²) in [5, 5.41) is 11.8. The highest BCUT2D eigenvalue weighted by Gasteiger charge is 2.27. The van der Waals surface area contributed by atoms with Crippen molar-refractivity contribution >= 4 is 33.1 Å². The van der Waals surface area contributed by atoms with E-state index in [4.69, 9.17) is 4.98 Å². The summed E-state index contributed by atoms with van der Waals surface area (Å²) in [6.45, 7) is 1.44. The van der Waals surface area contributed by atoms with Gasteiger partial charge in [-0.3, -0.25) is 14.9 Å². The van der Waals surface area contributed by atoms with Crippen LogP contribution in [0.15, 0.2) is 48.5 Å². The van der Waals surface area contributed by atoms with Gasteiger partial charge >= 0.3 is 0 Å². The molecule has 0 spiro atoms. The van der Waals surface area contributed by atoms with Crippen LogP contribution in [0.4, 0.5) is 5.69 Å². The first kappa shape index (κ1) is 17.6. The zero-order valence-corrected chi connectivity index (χ0v) is 15.5. The van der Waals surface area contributed by atoms with E-state index in [2.05, 4.69) is 6.07 Å². The quantitative estimate of drug-likeness (QED) is 0.502. The summed E-state index contributed by atoms with van der Waals surface area (Å²) in [7, 11) is 0. The first-order valence-corrected chi connectivity index (χ1v) is 9.78. The van der Waals surface area contributed by atoms with Crippen molar-refractivity contribution in [1.82, 2.24) is 9.88 Å². The number of amides is 1. The van der Waals surface area contributed by atoms with Crippen LogP contribution >= 0.6 is 11.3 Å². The Morgan fingerprint density at radius 3 is 2.74 bits per heavy atom.